The molecule has 0 radical (unpaired) electrons. The molecule has 0 atom stereocenters. The van der Waals surface area contributed by atoms with Crippen molar-refractivity contribution in [2.75, 3.05) is 10.4 Å². The molecule has 1 aromatic heterocycles. The number of nitro groups is 3. The fraction of sp³-hybridized carbons (Fsp3) is 0. The molecule has 13 nitrogen and oxygen atoms in total. The molecule has 1 N–H and O–H groups in total. The van der Waals surface area contributed by atoms with E-state index < -0.39 is 26.1 Å². The number of nitrogens with zero attached hydrogens (tertiary/aromatic N) is 4. The summed E-state index contributed by atoms with van der Waals surface area (Å²) in [5, 5.41) is 35.4. The summed E-state index contributed by atoms with van der Waals surface area (Å²) in [6, 6.07) is 17.0. The minimum absolute atomic E-state index is 0.0802. The lowest BCUT2D eigenvalue weighted by Gasteiger charge is -2.26. The fourth-order valence-corrected chi connectivity index (χ4v) is 3.26. The summed E-state index contributed by atoms with van der Waals surface area (Å²) in [7, 11) is 0. The first-order chi connectivity index (χ1) is 16.3. The first-order valence-electron chi connectivity index (χ1n) is 9.52. The Morgan fingerprint density at radius 2 is 1.32 bits per heavy atom. The standard InChI is InChI=1S/C21H13N5O8/c27-21-20(26(32)33)19(17-12-16(25(30)31)10-11-18(17)34-21)22-23(13-4-2-1-3-5-13)14-6-8-15(9-7-14)24(28)29/h1-12,22H. The number of nitro benzene ring substituents is 2. The second kappa shape index (κ2) is 8.66. The van der Waals surface area contributed by atoms with Gasteiger partial charge in [0.15, 0.2) is 5.69 Å². The number of anilines is 3. The Labute approximate surface area is 188 Å². The number of non-ortho nitro benzene ring substituents is 2. The van der Waals surface area contributed by atoms with Gasteiger partial charge in [-0.2, -0.15) is 0 Å². The van der Waals surface area contributed by atoms with Crippen molar-refractivity contribution < 1.29 is 19.2 Å². The zero-order chi connectivity index (χ0) is 24.4. The fourth-order valence-electron chi connectivity index (χ4n) is 3.26. The second-order valence-corrected chi connectivity index (χ2v) is 6.86. The van der Waals surface area contributed by atoms with Crippen molar-refractivity contribution >= 4 is 45.1 Å². The average Bonchev–Trinajstić information content (AvgIpc) is 2.82. The Kier molecular flexibility index (Phi) is 5.57. The second-order valence-electron chi connectivity index (χ2n) is 6.86. The maximum absolute atomic E-state index is 12.4. The number of rotatable bonds is 7. The van der Waals surface area contributed by atoms with Crippen LogP contribution in [0.25, 0.3) is 11.0 Å². The summed E-state index contributed by atoms with van der Waals surface area (Å²) in [5.74, 6) is 0. The topological polar surface area (TPSA) is 175 Å². The van der Waals surface area contributed by atoms with Gasteiger partial charge in [0.2, 0.25) is 0 Å². The molecule has 0 saturated carbocycles. The molecule has 1 heterocycles. The summed E-state index contributed by atoms with van der Waals surface area (Å²) in [4.78, 5) is 44.3. The Balaban J connectivity index is 1.96. The number of nitrogens with one attached hydrogen (secondary N) is 1. The zero-order valence-corrected chi connectivity index (χ0v) is 17.0. The molecular weight excluding hydrogens is 450 g/mol. The summed E-state index contributed by atoms with van der Waals surface area (Å²) in [6.07, 6.45) is 0. The Morgan fingerprint density at radius 3 is 1.91 bits per heavy atom. The lowest BCUT2D eigenvalue weighted by atomic mass is 10.1. The molecule has 0 saturated heterocycles. The molecule has 0 spiro atoms. The van der Waals surface area contributed by atoms with Crippen molar-refractivity contribution in [3.05, 3.63) is 114 Å². The first-order valence-corrected chi connectivity index (χ1v) is 9.52. The van der Waals surface area contributed by atoms with Crippen LogP contribution in [0.4, 0.5) is 34.1 Å². The third kappa shape index (κ3) is 4.08. The molecule has 0 fully saturated rings. The van der Waals surface area contributed by atoms with E-state index in [0.29, 0.717) is 11.4 Å². The molecular formula is C21H13N5O8. The smallest absolute Gasteiger partial charge is 0.417 e. The van der Waals surface area contributed by atoms with E-state index in [1.807, 2.05) is 0 Å². The minimum Gasteiger partial charge on any atom is -0.418 e. The number of benzene rings is 3. The third-order valence-electron chi connectivity index (χ3n) is 4.82. The molecule has 0 aliphatic heterocycles. The number of hydrogen-bond acceptors (Lipinski definition) is 10. The molecule has 13 heteroatoms. The number of hydrazine groups is 1. The average molecular weight is 463 g/mol. The predicted molar refractivity (Wildman–Crippen MR) is 121 cm³/mol. The van der Waals surface area contributed by atoms with Crippen LogP contribution in [0.2, 0.25) is 0 Å². The van der Waals surface area contributed by atoms with Gasteiger partial charge in [0.05, 0.1) is 31.5 Å². The van der Waals surface area contributed by atoms with Crippen LogP contribution in [0, 0.1) is 30.3 Å². The highest BCUT2D eigenvalue weighted by Gasteiger charge is 2.28. The molecule has 0 aliphatic rings. The van der Waals surface area contributed by atoms with Crippen LogP contribution in [-0.4, -0.2) is 14.8 Å². The van der Waals surface area contributed by atoms with Crippen LogP contribution in [0.3, 0.4) is 0 Å². The van der Waals surface area contributed by atoms with Crippen LogP contribution in [-0.2, 0) is 0 Å². The largest absolute Gasteiger partial charge is 0.418 e. The van der Waals surface area contributed by atoms with Crippen LogP contribution >= 0.6 is 0 Å². The Bertz CT molecular complexity index is 1490. The lowest BCUT2D eigenvalue weighted by molar-refractivity contribution is -0.386. The van der Waals surface area contributed by atoms with Gasteiger partial charge >= 0.3 is 11.3 Å². The molecule has 4 rings (SSSR count). The van der Waals surface area contributed by atoms with E-state index >= 15 is 0 Å². The zero-order valence-electron chi connectivity index (χ0n) is 17.0. The van der Waals surface area contributed by atoms with Crippen LogP contribution in [0.15, 0.2) is 82.0 Å². The summed E-state index contributed by atoms with van der Waals surface area (Å²) >= 11 is 0. The molecule has 0 amide bonds. The number of hydrogen-bond donors (Lipinski definition) is 1. The van der Waals surface area contributed by atoms with Gasteiger partial charge in [-0.15, -0.1) is 0 Å². The number of fused-ring (bicyclic) bond motifs is 1. The van der Waals surface area contributed by atoms with Crippen LogP contribution in [0.1, 0.15) is 0 Å². The van der Waals surface area contributed by atoms with Gasteiger partial charge in [0, 0.05) is 24.3 Å². The maximum atomic E-state index is 12.4. The summed E-state index contributed by atoms with van der Waals surface area (Å²) < 4.78 is 5.01. The minimum atomic E-state index is -1.26. The van der Waals surface area contributed by atoms with Crippen molar-refractivity contribution in [3.8, 4) is 0 Å². The van der Waals surface area contributed by atoms with E-state index in [2.05, 4.69) is 5.43 Å². The molecule has 0 aliphatic carbocycles. The molecule has 0 unspecified atom stereocenters. The van der Waals surface area contributed by atoms with E-state index in [-0.39, 0.29) is 28.0 Å². The SMILES string of the molecule is O=c1oc2ccc([N+](=O)[O-])cc2c(NN(c2ccccc2)c2ccc([N+](=O)[O-])cc2)c1[N+](=O)[O-]. The third-order valence-corrected chi connectivity index (χ3v) is 4.82. The summed E-state index contributed by atoms with van der Waals surface area (Å²) in [5.41, 5.74) is 0.359. The van der Waals surface area contributed by atoms with E-state index in [9.17, 15) is 35.1 Å². The molecule has 4 aromatic rings. The van der Waals surface area contributed by atoms with E-state index in [1.165, 1.54) is 35.3 Å². The van der Waals surface area contributed by atoms with Gasteiger partial charge in [-0.1, -0.05) is 18.2 Å². The van der Waals surface area contributed by atoms with E-state index in [0.717, 1.165) is 12.1 Å². The molecule has 34 heavy (non-hydrogen) atoms. The van der Waals surface area contributed by atoms with Crippen LogP contribution < -0.4 is 16.1 Å². The van der Waals surface area contributed by atoms with Crippen molar-refractivity contribution in [2.45, 2.75) is 0 Å². The lowest BCUT2D eigenvalue weighted by Crippen LogP contribution is -2.26. The van der Waals surface area contributed by atoms with Crippen molar-refractivity contribution in [1.82, 2.24) is 0 Å². The molecule has 0 bridgehead atoms. The first kappa shape index (κ1) is 21.9. The van der Waals surface area contributed by atoms with Gasteiger partial charge in [-0.25, -0.2) is 4.79 Å². The molecule has 170 valence electrons. The quantitative estimate of drug-likeness (QED) is 0.230. The van der Waals surface area contributed by atoms with Gasteiger partial charge in [0.25, 0.3) is 11.4 Å². The summed E-state index contributed by atoms with van der Waals surface area (Å²) in [6.45, 7) is 0. The molecule has 3 aromatic carbocycles. The maximum Gasteiger partial charge on any atom is 0.417 e. The normalized spacial score (nSPS) is 10.6. The highest BCUT2D eigenvalue weighted by Crippen LogP contribution is 2.36. The Hall–Kier alpha value is -5.33. The van der Waals surface area contributed by atoms with E-state index in [4.69, 9.17) is 4.42 Å². The van der Waals surface area contributed by atoms with Gasteiger partial charge in [-0.3, -0.25) is 40.8 Å². The Morgan fingerprint density at radius 1 is 0.735 bits per heavy atom. The van der Waals surface area contributed by atoms with Gasteiger partial charge in [-0.05, 0) is 30.3 Å². The van der Waals surface area contributed by atoms with Crippen molar-refractivity contribution in [3.63, 3.8) is 0 Å². The monoisotopic (exact) mass is 463 g/mol. The van der Waals surface area contributed by atoms with E-state index in [1.54, 1.807) is 30.3 Å². The van der Waals surface area contributed by atoms with Gasteiger partial charge in [0.1, 0.15) is 5.58 Å². The predicted octanol–water partition coefficient (Wildman–Crippen LogP) is 4.68. The van der Waals surface area contributed by atoms with Crippen molar-refractivity contribution in [1.29, 1.82) is 0 Å². The van der Waals surface area contributed by atoms with Gasteiger partial charge < -0.3 is 4.42 Å². The highest BCUT2D eigenvalue weighted by molar-refractivity contribution is 5.97. The van der Waals surface area contributed by atoms with Crippen LogP contribution in [0.5, 0.6) is 0 Å². The van der Waals surface area contributed by atoms with Crippen molar-refractivity contribution in [2.24, 2.45) is 0 Å². The highest BCUT2D eigenvalue weighted by atomic mass is 16.6. The number of para-hydroxylation sites is 1.